The van der Waals surface area contributed by atoms with E-state index in [1.807, 2.05) is 0 Å². The van der Waals surface area contributed by atoms with Crippen LogP contribution in [-0.4, -0.2) is 46.1 Å². The lowest BCUT2D eigenvalue weighted by Crippen LogP contribution is -2.50. The standard InChI is InChI=1S/C56H107NO4/c1-3-5-7-9-11-13-15-17-19-20-21-22-23-24-25-26-27-28-29-30-31-32-33-34-35-36-37-39-41-43-45-47-49-51-55(60)57-53(52-58)56(61)54(59)50-48-46-44-42-40-38-18-16-14-12-10-8-6-4-2/h16,18,24-25,42,44,53-54,56,58-59,61H,3-15,17,19-23,26-41,43,45-52H2,1-2H3,(H,57,60)/b18-16+,25-24-,44-42+. The van der Waals surface area contributed by atoms with Crippen molar-refractivity contribution in [1.29, 1.82) is 0 Å². The van der Waals surface area contributed by atoms with Crippen LogP contribution in [0.15, 0.2) is 36.5 Å². The van der Waals surface area contributed by atoms with Crippen molar-refractivity contribution in [1.82, 2.24) is 5.32 Å². The van der Waals surface area contributed by atoms with Gasteiger partial charge in [0.25, 0.3) is 0 Å². The van der Waals surface area contributed by atoms with Crippen LogP contribution in [0.3, 0.4) is 0 Å². The lowest BCUT2D eigenvalue weighted by atomic mass is 10.0. The van der Waals surface area contributed by atoms with Gasteiger partial charge in [-0.15, -0.1) is 0 Å². The molecule has 0 rings (SSSR count). The molecule has 0 saturated carbocycles. The zero-order valence-electron chi connectivity index (χ0n) is 41.1. The minimum Gasteiger partial charge on any atom is -0.394 e. The van der Waals surface area contributed by atoms with Gasteiger partial charge in [-0.25, -0.2) is 0 Å². The molecule has 0 aliphatic rings. The molecular formula is C56H107NO4. The highest BCUT2D eigenvalue weighted by atomic mass is 16.3. The second-order valence-corrected chi connectivity index (χ2v) is 18.8. The molecule has 0 aromatic rings. The van der Waals surface area contributed by atoms with Crippen molar-refractivity contribution in [2.75, 3.05) is 6.61 Å². The summed E-state index contributed by atoms with van der Waals surface area (Å²) in [6.07, 6.45) is 65.9. The Morgan fingerprint density at radius 3 is 1.00 bits per heavy atom. The number of unbranched alkanes of at least 4 members (excludes halogenated alkanes) is 36. The summed E-state index contributed by atoms with van der Waals surface area (Å²) < 4.78 is 0. The van der Waals surface area contributed by atoms with Crippen LogP contribution in [0.25, 0.3) is 0 Å². The molecule has 3 atom stereocenters. The van der Waals surface area contributed by atoms with E-state index in [9.17, 15) is 20.1 Å². The van der Waals surface area contributed by atoms with E-state index in [0.29, 0.717) is 12.8 Å². The minimum absolute atomic E-state index is 0.155. The first-order valence-corrected chi connectivity index (χ1v) is 27.3. The quantitative estimate of drug-likeness (QED) is 0.0362. The maximum Gasteiger partial charge on any atom is 0.220 e. The highest BCUT2D eigenvalue weighted by Gasteiger charge is 2.26. The summed E-state index contributed by atoms with van der Waals surface area (Å²) >= 11 is 0. The highest BCUT2D eigenvalue weighted by Crippen LogP contribution is 2.17. The maximum atomic E-state index is 12.5. The van der Waals surface area contributed by atoms with E-state index >= 15 is 0 Å². The number of hydrogen-bond donors (Lipinski definition) is 4. The zero-order valence-corrected chi connectivity index (χ0v) is 41.1. The number of nitrogens with one attached hydrogen (secondary N) is 1. The average Bonchev–Trinajstić information content (AvgIpc) is 3.26. The Balaban J connectivity index is 3.50. The number of carbonyl (C=O) groups is 1. The summed E-state index contributed by atoms with van der Waals surface area (Å²) in [5, 5.41) is 33.6. The van der Waals surface area contributed by atoms with Gasteiger partial charge in [0.15, 0.2) is 0 Å². The average molecular weight is 858 g/mol. The summed E-state index contributed by atoms with van der Waals surface area (Å²) in [4.78, 5) is 12.5. The summed E-state index contributed by atoms with van der Waals surface area (Å²) in [5.41, 5.74) is 0. The van der Waals surface area contributed by atoms with Crippen molar-refractivity contribution in [3.63, 3.8) is 0 Å². The van der Waals surface area contributed by atoms with E-state index in [2.05, 4.69) is 55.6 Å². The minimum atomic E-state index is -1.17. The number of rotatable bonds is 50. The van der Waals surface area contributed by atoms with Gasteiger partial charge < -0.3 is 20.6 Å². The second kappa shape index (κ2) is 51.2. The van der Waals surface area contributed by atoms with E-state index in [1.54, 1.807) is 0 Å². The molecule has 3 unspecified atom stereocenters. The predicted molar refractivity (Wildman–Crippen MR) is 268 cm³/mol. The molecule has 0 fully saturated rings. The molecule has 0 aromatic heterocycles. The molecule has 5 heteroatoms. The molecule has 0 spiro atoms. The van der Waals surface area contributed by atoms with E-state index in [1.165, 1.54) is 218 Å². The van der Waals surface area contributed by atoms with Crippen molar-refractivity contribution in [3.05, 3.63) is 36.5 Å². The van der Waals surface area contributed by atoms with Crippen LogP contribution in [0.1, 0.15) is 290 Å². The van der Waals surface area contributed by atoms with Crippen LogP contribution in [0.2, 0.25) is 0 Å². The number of hydrogen-bond acceptors (Lipinski definition) is 4. The Bertz CT molecular complexity index is 947. The van der Waals surface area contributed by atoms with Crippen LogP contribution >= 0.6 is 0 Å². The third-order valence-corrected chi connectivity index (χ3v) is 12.7. The third kappa shape index (κ3) is 46.4. The van der Waals surface area contributed by atoms with Crippen LogP contribution in [0, 0.1) is 0 Å². The summed E-state index contributed by atoms with van der Waals surface area (Å²) in [6.45, 7) is 4.17. The van der Waals surface area contributed by atoms with E-state index < -0.39 is 18.2 Å². The number of carbonyl (C=O) groups excluding carboxylic acids is 1. The fourth-order valence-electron chi connectivity index (χ4n) is 8.47. The van der Waals surface area contributed by atoms with Gasteiger partial charge in [0.2, 0.25) is 5.91 Å². The normalized spacial score (nSPS) is 13.6. The van der Waals surface area contributed by atoms with Gasteiger partial charge in [0.1, 0.15) is 6.10 Å². The van der Waals surface area contributed by atoms with Crippen molar-refractivity contribution in [2.45, 2.75) is 308 Å². The molecule has 360 valence electrons. The fourth-order valence-corrected chi connectivity index (χ4v) is 8.47. The molecule has 61 heavy (non-hydrogen) atoms. The van der Waals surface area contributed by atoms with Crippen molar-refractivity contribution in [3.8, 4) is 0 Å². The van der Waals surface area contributed by atoms with Crippen molar-refractivity contribution in [2.24, 2.45) is 0 Å². The van der Waals surface area contributed by atoms with Gasteiger partial charge in [-0.3, -0.25) is 4.79 Å². The topological polar surface area (TPSA) is 89.8 Å². The summed E-state index contributed by atoms with van der Waals surface area (Å²) in [6, 6.07) is -0.831. The molecular weight excluding hydrogens is 751 g/mol. The summed E-state index contributed by atoms with van der Waals surface area (Å²) in [5.74, 6) is -0.155. The number of allylic oxidation sites excluding steroid dienone is 6. The Labute approximate surface area is 381 Å². The first kappa shape index (κ1) is 59.6. The molecule has 0 bridgehead atoms. The Morgan fingerprint density at radius 2 is 0.672 bits per heavy atom. The third-order valence-electron chi connectivity index (χ3n) is 12.7. The number of amides is 1. The maximum absolute atomic E-state index is 12.5. The van der Waals surface area contributed by atoms with Gasteiger partial charge in [0.05, 0.1) is 18.8 Å². The zero-order chi connectivity index (χ0) is 44.4. The summed E-state index contributed by atoms with van der Waals surface area (Å²) in [7, 11) is 0. The number of aliphatic hydroxyl groups is 3. The fraction of sp³-hybridized carbons (Fsp3) is 0.875. The largest absolute Gasteiger partial charge is 0.394 e. The first-order valence-electron chi connectivity index (χ1n) is 27.3. The van der Waals surface area contributed by atoms with E-state index in [4.69, 9.17) is 0 Å². The predicted octanol–water partition coefficient (Wildman–Crippen LogP) is 16.7. The molecule has 1 amide bonds. The Hall–Kier alpha value is -1.43. The highest BCUT2D eigenvalue weighted by molar-refractivity contribution is 5.76. The van der Waals surface area contributed by atoms with Crippen molar-refractivity contribution < 1.29 is 20.1 Å². The van der Waals surface area contributed by atoms with Crippen LogP contribution in [0.4, 0.5) is 0 Å². The smallest absolute Gasteiger partial charge is 0.220 e. The second-order valence-electron chi connectivity index (χ2n) is 18.8. The van der Waals surface area contributed by atoms with Gasteiger partial charge >= 0.3 is 0 Å². The molecule has 0 aliphatic heterocycles. The van der Waals surface area contributed by atoms with Crippen LogP contribution < -0.4 is 5.32 Å². The van der Waals surface area contributed by atoms with E-state index in [0.717, 1.165) is 44.9 Å². The van der Waals surface area contributed by atoms with Gasteiger partial charge in [0, 0.05) is 6.42 Å². The van der Waals surface area contributed by atoms with Gasteiger partial charge in [-0.1, -0.05) is 243 Å². The van der Waals surface area contributed by atoms with Crippen LogP contribution in [-0.2, 0) is 4.79 Å². The lowest BCUT2D eigenvalue weighted by molar-refractivity contribution is -0.124. The first-order chi connectivity index (χ1) is 30.1. The molecule has 0 aliphatic carbocycles. The Morgan fingerprint density at radius 1 is 0.393 bits per heavy atom. The van der Waals surface area contributed by atoms with Crippen molar-refractivity contribution >= 4 is 5.91 Å². The molecule has 0 radical (unpaired) electrons. The van der Waals surface area contributed by atoms with E-state index in [-0.39, 0.29) is 12.5 Å². The van der Waals surface area contributed by atoms with Gasteiger partial charge in [-0.2, -0.15) is 0 Å². The molecule has 0 saturated heterocycles. The molecule has 0 aromatic carbocycles. The van der Waals surface area contributed by atoms with Gasteiger partial charge in [-0.05, 0) is 77.0 Å². The molecule has 0 heterocycles. The SMILES string of the molecule is CCCCCCC/C=C/CC/C=C/CCCC(O)C(O)C(CO)NC(=O)CCCCCCCCCCCCCCCCCCC/C=C\CCCCCCCCCCCCCC. The van der Waals surface area contributed by atoms with Crippen LogP contribution in [0.5, 0.6) is 0 Å². The lowest BCUT2D eigenvalue weighted by Gasteiger charge is -2.26. The number of aliphatic hydroxyl groups excluding tert-OH is 3. The molecule has 4 N–H and O–H groups in total. The monoisotopic (exact) mass is 858 g/mol. The molecule has 5 nitrogen and oxygen atoms in total. The Kier molecular flexibility index (Phi) is 50.0.